The van der Waals surface area contributed by atoms with Gasteiger partial charge in [0.25, 0.3) is 0 Å². The van der Waals surface area contributed by atoms with E-state index in [0.717, 1.165) is 5.56 Å². The van der Waals surface area contributed by atoms with E-state index in [2.05, 4.69) is 15.3 Å². The van der Waals surface area contributed by atoms with E-state index >= 15 is 0 Å². The van der Waals surface area contributed by atoms with Gasteiger partial charge in [-0.2, -0.15) is 0 Å². The molecule has 1 aliphatic rings. The lowest BCUT2D eigenvalue weighted by Crippen LogP contribution is -2.37. The highest BCUT2D eigenvalue weighted by Crippen LogP contribution is 2.23. The van der Waals surface area contributed by atoms with Gasteiger partial charge in [-0.15, -0.1) is 5.10 Å². The van der Waals surface area contributed by atoms with Crippen LogP contribution in [0.5, 0.6) is 5.75 Å². The number of ether oxygens (including phenoxy) is 2. The highest BCUT2D eigenvalue weighted by atomic mass is 16.5. The number of hydrogen-bond donors (Lipinski definition) is 1. The van der Waals surface area contributed by atoms with E-state index in [4.69, 9.17) is 14.5 Å². The fourth-order valence-corrected chi connectivity index (χ4v) is 3.95. The molecule has 1 N–H and O–H groups in total. The Morgan fingerprint density at radius 1 is 1.15 bits per heavy atom. The van der Waals surface area contributed by atoms with Gasteiger partial charge in [0.2, 0.25) is 11.6 Å². The van der Waals surface area contributed by atoms with Gasteiger partial charge in [-0.3, -0.25) is 4.79 Å². The van der Waals surface area contributed by atoms with E-state index in [0.29, 0.717) is 61.1 Å². The number of nitrogens with zero attached hydrogens (tertiary/aromatic N) is 5. The van der Waals surface area contributed by atoms with Gasteiger partial charge in [0, 0.05) is 19.6 Å². The normalized spacial score (nSPS) is 14.0. The first-order valence-corrected chi connectivity index (χ1v) is 10.7. The van der Waals surface area contributed by atoms with Crippen molar-refractivity contribution in [1.29, 1.82) is 0 Å². The number of aromatic nitrogens is 4. The minimum atomic E-state index is -0.380. The average molecular weight is 448 g/mol. The second kappa shape index (κ2) is 8.91. The number of methoxy groups -OCH3 is 1. The van der Waals surface area contributed by atoms with Crippen LogP contribution in [0, 0.1) is 0 Å². The van der Waals surface area contributed by atoms with Crippen molar-refractivity contribution < 1.29 is 14.3 Å². The summed E-state index contributed by atoms with van der Waals surface area (Å²) >= 11 is 0. The summed E-state index contributed by atoms with van der Waals surface area (Å²) < 4.78 is 13.4. The lowest BCUT2D eigenvalue weighted by molar-refractivity contribution is -0.122. The molecule has 170 valence electrons. The summed E-state index contributed by atoms with van der Waals surface area (Å²) in [7, 11) is 1.59. The molecule has 0 bridgehead atoms. The van der Waals surface area contributed by atoms with Crippen LogP contribution < -0.4 is 20.6 Å². The van der Waals surface area contributed by atoms with Crippen LogP contribution in [0.15, 0.2) is 53.3 Å². The van der Waals surface area contributed by atoms with Crippen molar-refractivity contribution in [2.45, 2.75) is 13.1 Å². The number of rotatable bonds is 6. The number of para-hydroxylation sites is 2. The number of nitrogens with one attached hydrogen (secondary N) is 1. The van der Waals surface area contributed by atoms with Crippen LogP contribution in [0.1, 0.15) is 5.56 Å². The van der Waals surface area contributed by atoms with Gasteiger partial charge in [0.1, 0.15) is 12.3 Å². The molecule has 33 heavy (non-hydrogen) atoms. The second-order valence-corrected chi connectivity index (χ2v) is 7.75. The Labute approximate surface area is 189 Å². The Morgan fingerprint density at radius 3 is 2.79 bits per heavy atom. The summed E-state index contributed by atoms with van der Waals surface area (Å²) in [5.74, 6) is 1.02. The summed E-state index contributed by atoms with van der Waals surface area (Å²) in [6.07, 6.45) is 0. The fourth-order valence-electron chi connectivity index (χ4n) is 3.95. The largest absolute Gasteiger partial charge is 0.497 e. The maximum absolute atomic E-state index is 13.3. The molecule has 1 fully saturated rings. The molecule has 1 saturated heterocycles. The van der Waals surface area contributed by atoms with Crippen molar-refractivity contribution >= 4 is 28.4 Å². The maximum Gasteiger partial charge on any atom is 0.351 e. The Hall–Kier alpha value is -3.92. The number of amides is 1. The van der Waals surface area contributed by atoms with Crippen molar-refractivity contribution in [2.24, 2.45) is 0 Å². The van der Waals surface area contributed by atoms with Gasteiger partial charge in [0.15, 0.2) is 5.82 Å². The zero-order valence-corrected chi connectivity index (χ0v) is 18.2. The van der Waals surface area contributed by atoms with Crippen LogP contribution >= 0.6 is 0 Å². The molecule has 0 spiro atoms. The quantitative estimate of drug-likeness (QED) is 0.473. The van der Waals surface area contributed by atoms with Crippen LogP contribution in [0.25, 0.3) is 16.7 Å². The summed E-state index contributed by atoms with van der Waals surface area (Å²) in [5, 5.41) is 7.34. The van der Waals surface area contributed by atoms with Crippen molar-refractivity contribution in [2.75, 3.05) is 38.3 Å². The van der Waals surface area contributed by atoms with E-state index in [9.17, 15) is 9.59 Å². The molecule has 0 radical (unpaired) electrons. The third kappa shape index (κ3) is 4.12. The zero-order chi connectivity index (χ0) is 22.8. The van der Waals surface area contributed by atoms with Crippen molar-refractivity contribution in [3.8, 4) is 5.75 Å². The molecule has 2 aromatic carbocycles. The predicted molar refractivity (Wildman–Crippen MR) is 123 cm³/mol. The summed E-state index contributed by atoms with van der Waals surface area (Å²) in [6.45, 7) is 2.60. The van der Waals surface area contributed by atoms with Crippen LogP contribution in [-0.4, -0.2) is 58.5 Å². The summed E-state index contributed by atoms with van der Waals surface area (Å²) in [5.41, 5.74) is 2.29. The highest BCUT2D eigenvalue weighted by Gasteiger charge is 2.22. The van der Waals surface area contributed by atoms with Crippen molar-refractivity contribution in [3.63, 3.8) is 0 Å². The standard InChI is InChI=1S/C23H24N6O4/c1-32-17-6-4-5-16(13-17)14-24-20(30)15-28-23(31)29-19-8-3-2-7-18(19)25-21(22(29)26-28)27-9-11-33-12-10-27/h2-8,13H,9-12,14-15H2,1H3,(H,24,30). The minimum Gasteiger partial charge on any atom is -0.497 e. The molecule has 1 amide bonds. The molecule has 5 rings (SSSR count). The molecule has 4 aromatic rings. The van der Waals surface area contributed by atoms with Crippen LogP contribution in [0.4, 0.5) is 5.82 Å². The number of carbonyl (C=O) groups excluding carboxylic acids is 1. The molecule has 0 aliphatic carbocycles. The number of fused-ring (bicyclic) bond motifs is 3. The van der Waals surface area contributed by atoms with Gasteiger partial charge in [-0.05, 0) is 29.8 Å². The Bertz CT molecular complexity index is 1370. The number of hydrogen-bond acceptors (Lipinski definition) is 7. The first-order chi connectivity index (χ1) is 16.1. The third-order valence-electron chi connectivity index (χ3n) is 5.62. The van der Waals surface area contributed by atoms with E-state index in [-0.39, 0.29) is 18.1 Å². The Balaban J connectivity index is 1.46. The molecule has 3 heterocycles. The number of carbonyl (C=O) groups is 1. The van der Waals surface area contributed by atoms with E-state index in [1.54, 1.807) is 7.11 Å². The smallest absolute Gasteiger partial charge is 0.351 e. The number of anilines is 1. The molecule has 1 aliphatic heterocycles. The van der Waals surface area contributed by atoms with E-state index in [1.165, 1.54) is 9.08 Å². The molecule has 10 nitrogen and oxygen atoms in total. The monoisotopic (exact) mass is 448 g/mol. The van der Waals surface area contributed by atoms with Crippen LogP contribution in [-0.2, 0) is 22.6 Å². The first-order valence-electron chi connectivity index (χ1n) is 10.7. The topological polar surface area (TPSA) is 103 Å². The van der Waals surface area contributed by atoms with Crippen molar-refractivity contribution in [3.05, 3.63) is 64.6 Å². The summed E-state index contributed by atoms with van der Waals surface area (Å²) in [6, 6.07) is 14.9. The SMILES string of the molecule is COc1cccc(CNC(=O)Cn2nc3c(N4CCOCC4)nc4ccccc4n3c2=O)c1. The van der Waals surface area contributed by atoms with Crippen LogP contribution in [0.3, 0.4) is 0 Å². The molecular weight excluding hydrogens is 424 g/mol. The Kier molecular flexibility index (Phi) is 5.66. The molecule has 0 atom stereocenters. The lowest BCUT2D eigenvalue weighted by atomic mass is 10.2. The molecule has 2 aromatic heterocycles. The number of morpholine rings is 1. The Morgan fingerprint density at radius 2 is 1.97 bits per heavy atom. The van der Waals surface area contributed by atoms with E-state index in [1.807, 2.05) is 48.5 Å². The van der Waals surface area contributed by atoms with Crippen molar-refractivity contribution in [1.82, 2.24) is 24.5 Å². The molecular formula is C23H24N6O4. The van der Waals surface area contributed by atoms with Gasteiger partial charge in [0.05, 0.1) is 31.4 Å². The second-order valence-electron chi connectivity index (χ2n) is 7.75. The maximum atomic E-state index is 13.3. The zero-order valence-electron chi connectivity index (χ0n) is 18.2. The number of benzene rings is 2. The highest BCUT2D eigenvalue weighted by molar-refractivity contribution is 5.83. The van der Waals surface area contributed by atoms with Crippen LogP contribution in [0.2, 0.25) is 0 Å². The molecule has 10 heteroatoms. The lowest BCUT2D eigenvalue weighted by Gasteiger charge is -2.27. The fraction of sp³-hybridized carbons (Fsp3) is 0.304. The molecule has 0 saturated carbocycles. The predicted octanol–water partition coefficient (Wildman–Crippen LogP) is 1.21. The first kappa shape index (κ1) is 21.0. The summed E-state index contributed by atoms with van der Waals surface area (Å²) in [4.78, 5) is 32.7. The van der Waals surface area contributed by atoms with Gasteiger partial charge < -0.3 is 19.7 Å². The average Bonchev–Trinajstić information content (AvgIpc) is 3.19. The van der Waals surface area contributed by atoms with E-state index < -0.39 is 0 Å². The third-order valence-corrected chi connectivity index (χ3v) is 5.62. The van der Waals surface area contributed by atoms with Gasteiger partial charge in [-0.1, -0.05) is 24.3 Å². The molecule has 0 unspecified atom stereocenters. The van der Waals surface area contributed by atoms with Gasteiger partial charge >= 0.3 is 5.69 Å². The minimum absolute atomic E-state index is 0.193. The van der Waals surface area contributed by atoms with Gasteiger partial charge in [-0.25, -0.2) is 18.9 Å².